The predicted molar refractivity (Wildman–Crippen MR) is 71.1 cm³/mol. The Morgan fingerprint density at radius 1 is 1.61 bits per heavy atom. The molecule has 0 saturated carbocycles. The summed E-state index contributed by atoms with van der Waals surface area (Å²) in [7, 11) is 1.30. The second-order valence-electron chi connectivity index (χ2n) is 3.46. The number of amides is 1. The lowest BCUT2D eigenvalue weighted by Gasteiger charge is -1.93. The average molecular weight is 283 g/mol. The zero-order valence-electron chi connectivity index (χ0n) is 9.60. The zero-order chi connectivity index (χ0) is 13.3. The molecule has 0 radical (unpaired) electrons. The third-order valence-electron chi connectivity index (χ3n) is 2.26. The number of furan rings is 1. The van der Waals surface area contributed by atoms with Crippen molar-refractivity contribution in [1.82, 2.24) is 5.32 Å². The van der Waals surface area contributed by atoms with Crippen LogP contribution in [0, 0.1) is 6.92 Å². The first-order valence-corrected chi connectivity index (χ1v) is 6.17. The molecule has 1 aliphatic rings. The van der Waals surface area contributed by atoms with Crippen LogP contribution in [0.4, 0.5) is 0 Å². The van der Waals surface area contributed by atoms with Crippen LogP contribution in [0.2, 0.25) is 0 Å². The third-order valence-corrected chi connectivity index (χ3v) is 3.42. The Bertz CT molecular complexity index is 574. The van der Waals surface area contributed by atoms with Gasteiger partial charge in [0.25, 0.3) is 5.91 Å². The topological polar surface area (TPSA) is 68.5 Å². The molecule has 7 heteroatoms. The summed E-state index contributed by atoms with van der Waals surface area (Å²) in [6.45, 7) is 1.65. The van der Waals surface area contributed by atoms with Gasteiger partial charge in [-0.3, -0.25) is 4.79 Å². The molecule has 2 rings (SSSR count). The van der Waals surface area contributed by atoms with Crippen molar-refractivity contribution in [3.05, 3.63) is 28.1 Å². The first-order valence-electron chi connectivity index (χ1n) is 4.95. The number of rotatable bonds is 2. The Labute approximate surface area is 113 Å². The minimum atomic E-state index is -0.472. The van der Waals surface area contributed by atoms with Gasteiger partial charge in [0.1, 0.15) is 21.4 Å². The highest BCUT2D eigenvalue weighted by Gasteiger charge is 2.23. The third kappa shape index (κ3) is 2.46. The van der Waals surface area contributed by atoms with E-state index in [1.807, 2.05) is 0 Å². The zero-order valence-corrected chi connectivity index (χ0v) is 11.2. The van der Waals surface area contributed by atoms with E-state index in [-0.39, 0.29) is 5.91 Å². The molecule has 1 saturated heterocycles. The number of ether oxygens (including phenoxy) is 1. The minimum Gasteiger partial charge on any atom is -0.465 e. The number of thioether (sulfide) groups is 1. The van der Waals surface area contributed by atoms with E-state index in [2.05, 4.69) is 10.1 Å². The number of esters is 1. The summed E-state index contributed by atoms with van der Waals surface area (Å²) in [6.07, 6.45) is 1.54. The number of hydrogen-bond acceptors (Lipinski definition) is 6. The van der Waals surface area contributed by atoms with Crippen LogP contribution in [-0.2, 0) is 9.53 Å². The molecule has 0 aliphatic carbocycles. The summed E-state index contributed by atoms with van der Waals surface area (Å²) in [5, 5.41) is 2.50. The van der Waals surface area contributed by atoms with Gasteiger partial charge in [-0.1, -0.05) is 24.0 Å². The fourth-order valence-electron chi connectivity index (χ4n) is 1.44. The molecule has 18 heavy (non-hydrogen) atoms. The van der Waals surface area contributed by atoms with E-state index >= 15 is 0 Å². The maximum absolute atomic E-state index is 11.4. The van der Waals surface area contributed by atoms with Crippen LogP contribution < -0.4 is 5.32 Å². The fraction of sp³-hybridized carbons (Fsp3) is 0.182. The Kier molecular flexibility index (Phi) is 3.53. The van der Waals surface area contributed by atoms with Gasteiger partial charge in [0.05, 0.1) is 12.0 Å². The van der Waals surface area contributed by atoms with Gasteiger partial charge in [-0.25, -0.2) is 4.79 Å². The van der Waals surface area contributed by atoms with Crippen LogP contribution in [0.25, 0.3) is 6.08 Å². The number of hydrogen-bond donors (Lipinski definition) is 1. The normalized spacial score (nSPS) is 17.1. The van der Waals surface area contributed by atoms with Crippen molar-refractivity contribution in [2.75, 3.05) is 7.11 Å². The summed E-state index contributed by atoms with van der Waals surface area (Å²) in [5.74, 6) is 0.119. The standard InChI is InChI=1S/C11H9NO4S2/c1-5-7(10(14)15-2)3-6(16-5)4-8-9(13)12-11(17)18-8/h3-4H,1-2H3,(H,12,13,17). The van der Waals surface area contributed by atoms with Crippen molar-refractivity contribution in [2.24, 2.45) is 0 Å². The van der Waals surface area contributed by atoms with Gasteiger partial charge in [-0.15, -0.1) is 0 Å². The molecule has 1 N–H and O–H groups in total. The van der Waals surface area contributed by atoms with Crippen LogP contribution in [0.5, 0.6) is 0 Å². The van der Waals surface area contributed by atoms with Gasteiger partial charge < -0.3 is 14.5 Å². The number of thiocarbonyl (C=S) groups is 1. The van der Waals surface area contributed by atoms with Gasteiger partial charge in [-0.2, -0.15) is 0 Å². The summed E-state index contributed by atoms with van der Waals surface area (Å²) < 4.78 is 10.4. The molecule has 1 aromatic rings. The van der Waals surface area contributed by atoms with Gasteiger partial charge in [0, 0.05) is 6.08 Å². The summed E-state index contributed by atoms with van der Waals surface area (Å²) in [4.78, 5) is 23.3. The number of nitrogens with one attached hydrogen (secondary N) is 1. The first kappa shape index (κ1) is 12.8. The summed E-state index contributed by atoms with van der Waals surface area (Å²) in [5.41, 5.74) is 0.343. The molecule has 1 fully saturated rings. The first-order chi connectivity index (χ1) is 8.51. The molecule has 1 aliphatic heterocycles. The lowest BCUT2D eigenvalue weighted by Crippen LogP contribution is -2.17. The molecule has 5 nitrogen and oxygen atoms in total. The Morgan fingerprint density at radius 3 is 2.89 bits per heavy atom. The van der Waals surface area contributed by atoms with Crippen molar-refractivity contribution in [3.63, 3.8) is 0 Å². The molecule has 1 aromatic heterocycles. The molecule has 2 heterocycles. The Balaban J connectivity index is 2.31. The highest BCUT2D eigenvalue weighted by molar-refractivity contribution is 8.26. The molecular formula is C11H9NO4S2. The van der Waals surface area contributed by atoms with Crippen LogP contribution in [0.15, 0.2) is 15.4 Å². The predicted octanol–water partition coefficient (Wildman–Crippen LogP) is 1.86. The molecule has 0 spiro atoms. The smallest absolute Gasteiger partial charge is 0.341 e. The van der Waals surface area contributed by atoms with E-state index in [1.54, 1.807) is 13.0 Å². The van der Waals surface area contributed by atoms with Crippen LogP contribution in [0.3, 0.4) is 0 Å². The number of carbonyl (C=O) groups is 2. The molecule has 0 aromatic carbocycles. The monoisotopic (exact) mass is 283 g/mol. The van der Waals surface area contributed by atoms with Crippen molar-refractivity contribution in [2.45, 2.75) is 6.92 Å². The van der Waals surface area contributed by atoms with E-state index in [0.717, 1.165) is 11.8 Å². The SMILES string of the molecule is COC(=O)c1cc(C=C2SC(=S)NC2=O)oc1C. The fourth-order valence-corrected chi connectivity index (χ4v) is 2.46. The Hall–Kier alpha value is -1.60. The lowest BCUT2D eigenvalue weighted by molar-refractivity contribution is -0.115. The highest BCUT2D eigenvalue weighted by Crippen LogP contribution is 2.27. The van der Waals surface area contributed by atoms with E-state index in [4.69, 9.17) is 16.6 Å². The van der Waals surface area contributed by atoms with Crippen LogP contribution in [0.1, 0.15) is 21.9 Å². The van der Waals surface area contributed by atoms with Crippen LogP contribution in [-0.4, -0.2) is 23.3 Å². The summed E-state index contributed by atoms with van der Waals surface area (Å²) in [6, 6.07) is 1.53. The molecule has 0 bridgehead atoms. The Morgan fingerprint density at radius 2 is 2.33 bits per heavy atom. The van der Waals surface area contributed by atoms with Crippen LogP contribution >= 0.6 is 24.0 Å². The maximum Gasteiger partial charge on any atom is 0.341 e. The average Bonchev–Trinajstić information content (AvgIpc) is 2.82. The van der Waals surface area contributed by atoms with Gasteiger partial charge in [0.2, 0.25) is 0 Å². The molecule has 1 amide bonds. The van der Waals surface area contributed by atoms with E-state index in [0.29, 0.717) is 26.3 Å². The van der Waals surface area contributed by atoms with E-state index in [1.165, 1.54) is 13.2 Å². The van der Waals surface area contributed by atoms with Crippen molar-refractivity contribution < 1.29 is 18.7 Å². The van der Waals surface area contributed by atoms with E-state index < -0.39 is 5.97 Å². The second kappa shape index (κ2) is 4.95. The maximum atomic E-state index is 11.4. The van der Waals surface area contributed by atoms with Crippen molar-refractivity contribution >= 4 is 46.3 Å². The quantitative estimate of drug-likeness (QED) is 0.507. The number of methoxy groups -OCH3 is 1. The molecular weight excluding hydrogens is 274 g/mol. The second-order valence-corrected chi connectivity index (χ2v) is 5.18. The number of carbonyl (C=O) groups excluding carboxylic acids is 2. The lowest BCUT2D eigenvalue weighted by atomic mass is 10.2. The van der Waals surface area contributed by atoms with Gasteiger partial charge in [-0.05, 0) is 13.0 Å². The van der Waals surface area contributed by atoms with Gasteiger partial charge >= 0.3 is 5.97 Å². The van der Waals surface area contributed by atoms with Crippen molar-refractivity contribution in [3.8, 4) is 0 Å². The highest BCUT2D eigenvalue weighted by atomic mass is 32.2. The number of aryl methyl sites for hydroxylation is 1. The van der Waals surface area contributed by atoms with Gasteiger partial charge in [0.15, 0.2) is 0 Å². The molecule has 0 atom stereocenters. The van der Waals surface area contributed by atoms with Crippen molar-refractivity contribution in [1.29, 1.82) is 0 Å². The minimum absolute atomic E-state index is 0.265. The summed E-state index contributed by atoms with van der Waals surface area (Å²) >= 11 is 6.02. The van der Waals surface area contributed by atoms with E-state index in [9.17, 15) is 9.59 Å². The largest absolute Gasteiger partial charge is 0.465 e. The molecule has 94 valence electrons. The molecule has 0 unspecified atom stereocenters.